The van der Waals surface area contributed by atoms with E-state index in [0.717, 1.165) is 25.7 Å². The van der Waals surface area contributed by atoms with Crippen molar-refractivity contribution in [2.75, 3.05) is 38.3 Å². The molecule has 1 atom stereocenters. The Morgan fingerprint density at radius 1 is 1.53 bits per heavy atom. The number of thioether (sulfide) groups is 1. The van der Waals surface area contributed by atoms with Gasteiger partial charge in [0, 0.05) is 37.5 Å². The maximum atomic E-state index is 6.01. The van der Waals surface area contributed by atoms with E-state index in [1.54, 1.807) is 7.11 Å². The molecule has 2 rings (SSSR count). The maximum Gasteiger partial charge on any atom is 0.0590 e. The van der Waals surface area contributed by atoms with Gasteiger partial charge in [0.1, 0.15) is 0 Å². The maximum absolute atomic E-state index is 6.01. The third-order valence-electron chi connectivity index (χ3n) is 3.60. The first kappa shape index (κ1) is 11.7. The molecule has 0 radical (unpaired) electrons. The Kier molecular flexibility index (Phi) is 3.93. The van der Waals surface area contributed by atoms with E-state index >= 15 is 0 Å². The van der Waals surface area contributed by atoms with Gasteiger partial charge in [-0.1, -0.05) is 0 Å². The van der Waals surface area contributed by atoms with Crippen molar-refractivity contribution in [3.63, 3.8) is 0 Å². The molecule has 1 heterocycles. The van der Waals surface area contributed by atoms with Crippen LogP contribution >= 0.6 is 11.8 Å². The quantitative estimate of drug-likeness (QED) is 0.737. The number of ether oxygens (including phenoxy) is 1. The van der Waals surface area contributed by atoms with Crippen molar-refractivity contribution in [1.82, 2.24) is 4.90 Å². The Labute approximate surface area is 96.7 Å². The van der Waals surface area contributed by atoms with Crippen LogP contribution in [0.1, 0.15) is 19.3 Å². The fourth-order valence-electron chi connectivity index (χ4n) is 2.48. The van der Waals surface area contributed by atoms with E-state index in [-0.39, 0.29) is 5.54 Å². The highest BCUT2D eigenvalue weighted by molar-refractivity contribution is 7.99. The van der Waals surface area contributed by atoms with Crippen molar-refractivity contribution in [1.29, 1.82) is 0 Å². The number of hydrogen-bond donors (Lipinski definition) is 1. The van der Waals surface area contributed by atoms with Crippen molar-refractivity contribution in [3.8, 4) is 0 Å². The first-order valence-corrected chi connectivity index (χ1v) is 7.01. The highest BCUT2D eigenvalue weighted by Gasteiger charge is 2.45. The van der Waals surface area contributed by atoms with Gasteiger partial charge in [0.15, 0.2) is 0 Å². The Bertz CT molecular complexity index is 203. The molecular weight excluding hydrogens is 208 g/mol. The van der Waals surface area contributed by atoms with E-state index in [4.69, 9.17) is 10.5 Å². The predicted octanol–water partition coefficient (Wildman–Crippen LogP) is 0.932. The number of nitrogens with two attached hydrogens (primary N) is 1. The van der Waals surface area contributed by atoms with Crippen molar-refractivity contribution >= 4 is 11.8 Å². The van der Waals surface area contributed by atoms with Gasteiger partial charge in [-0.15, -0.1) is 0 Å². The summed E-state index contributed by atoms with van der Waals surface area (Å²) < 4.78 is 5.21. The monoisotopic (exact) mass is 230 g/mol. The van der Waals surface area contributed by atoms with Crippen LogP contribution in [0, 0.1) is 0 Å². The lowest BCUT2D eigenvalue weighted by atomic mass is 9.96. The molecule has 2 aliphatic rings. The summed E-state index contributed by atoms with van der Waals surface area (Å²) in [6.45, 7) is 2.70. The van der Waals surface area contributed by atoms with Crippen LogP contribution in [0.15, 0.2) is 0 Å². The van der Waals surface area contributed by atoms with Gasteiger partial charge in [-0.2, -0.15) is 11.8 Å². The van der Waals surface area contributed by atoms with E-state index in [0.29, 0.717) is 0 Å². The highest BCUT2D eigenvalue weighted by atomic mass is 32.2. The minimum absolute atomic E-state index is 0.282. The summed E-state index contributed by atoms with van der Waals surface area (Å²) in [4.78, 5) is 2.64. The molecule has 0 bridgehead atoms. The van der Waals surface area contributed by atoms with Crippen LogP contribution in [0.2, 0.25) is 0 Å². The molecule has 15 heavy (non-hydrogen) atoms. The molecule has 3 nitrogen and oxygen atoms in total. The molecule has 4 heteroatoms. The average molecular weight is 230 g/mol. The standard InChI is InChI=1S/C11H22N2OS/c1-14-6-5-13(10-2-3-10)11(8-12)4-7-15-9-11/h10H,2-9,12H2,1H3. The molecule has 0 spiro atoms. The van der Waals surface area contributed by atoms with Gasteiger partial charge in [0.2, 0.25) is 0 Å². The Hall–Kier alpha value is 0.230. The Morgan fingerprint density at radius 2 is 2.33 bits per heavy atom. The Balaban J connectivity index is 2.00. The van der Waals surface area contributed by atoms with Crippen molar-refractivity contribution in [2.45, 2.75) is 30.8 Å². The van der Waals surface area contributed by atoms with Gasteiger partial charge in [-0.3, -0.25) is 4.90 Å². The second-order valence-electron chi connectivity index (χ2n) is 4.65. The fourth-order valence-corrected chi connectivity index (χ4v) is 3.96. The zero-order valence-electron chi connectivity index (χ0n) is 9.58. The fraction of sp³-hybridized carbons (Fsp3) is 1.00. The molecule has 0 aromatic rings. The highest BCUT2D eigenvalue weighted by Crippen LogP contribution is 2.39. The van der Waals surface area contributed by atoms with Gasteiger partial charge in [-0.25, -0.2) is 0 Å². The van der Waals surface area contributed by atoms with Crippen molar-refractivity contribution in [2.24, 2.45) is 5.73 Å². The van der Waals surface area contributed by atoms with Gasteiger partial charge in [0.05, 0.1) is 6.61 Å². The van der Waals surface area contributed by atoms with Crippen LogP contribution in [0.3, 0.4) is 0 Å². The summed E-state index contributed by atoms with van der Waals surface area (Å²) in [5.41, 5.74) is 6.29. The summed E-state index contributed by atoms with van der Waals surface area (Å²) >= 11 is 2.05. The summed E-state index contributed by atoms with van der Waals surface area (Å²) in [6.07, 6.45) is 3.97. The molecule has 0 aromatic carbocycles. The first-order chi connectivity index (χ1) is 7.32. The van der Waals surface area contributed by atoms with Crippen LogP contribution in [0.4, 0.5) is 0 Å². The van der Waals surface area contributed by atoms with Gasteiger partial charge < -0.3 is 10.5 Å². The molecule has 1 aliphatic heterocycles. The SMILES string of the molecule is COCCN(C1CC1)C1(CN)CCSC1. The lowest BCUT2D eigenvalue weighted by Crippen LogP contribution is -2.56. The number of rotatable bonds is 6. The topological polar surface area (TPSA) is 38.5 Å². The second-order valence-corrected chi connectivity index (χ2v) is 5.75. The normalized spacial score (nSPS) is 31.4. The van der Waals surface area contributed by atoms with Crippen LogP contribution in [-0.2, 0) is 4.74 Å². The molecular formula is C11H22N2OS. The van der Waals surface area contributed by atoms with Crippen LogP contribution in [0.25, 0.3) is 0 Å². The molecule has 88 valence electrons. The van der Waals surface area contributed by atoms with E-state index in [2.05, 4.69) is 16.7 Å². The first-order valence-electron chi connectivity index (χ1n) is 5.86. The lowest BCUT2D eigenvalue weighted by molar-refractivity contribution is 0.0679. The molecule has 2 N–H and O–H groups in total. The molecule has 2 fully saturated rings. The summed E-state index contributed by atoms with van der Waals surface area (Å²) in [6, 6.07) is 0.794. The summed E-state index contributed by atoms with van der Waals surface area (Å²) in [7, 11) is 1.78. The van der Waals surface area contributed by atoms with E-state index in [1.165, 1.54) is 30.8 Å². The van der Waals surface area contributed by atoms with Gasteiger partial charge >= 0.3 is 0 Å². The van der Waals surface area contributed by atoms with Gasteiger partial charge in [0.25, 0.3) is 0 Å². The van der Waals surface area contributed by atoms with Crippen molar-refractivity contribution < 1.29 is 4.74 Å². The predicted molar refractivity (Wildman–Crippen MR) is 65.3 cm³/mol. The molecule has 1 aliphatic carbocycles. The van der Waals surface area contributed by atoms with Crippen LogP contribution in [-0.4, -0.2) is 54.8 Å². The molecule has 1 saturated heterocycles. The number of hydrogen-bond acceptors (Lipinski definition) is 4. The van der Waals surface area contributed by atoms with E-state index in [9.17, 15) is 0 Å². The average Bonchev–Trinajstić information content (AvgIpc) is 2.97. The zero-order chi connectivity index (χ0) is 10.7. The molecule has 1 saturated carbocycles. The third-order valence-corrected chi connectivity index (χ3v) is 4.83. The van der Waals surface area contributed by atoms with Gasteiger partial charge in [-0.05, 0) is 25.0 Å². The minimum atomic E-state index is 0.282. The smallest absolute Gasteiger partial charge is 0.0590 e. The lowest BCUT2D eigenvalue weighted by Gasteiger charge is -2.40. The Morgan fingerprint density at radius 3 is 2.80 bits per heavy atom. The van der Waals surface area contributed by atoms with E-state index in [1.807, 2.05) is 0 Å². The van der Waals surface area contributed by atoms with Crippen molar-refractivity contribution in [3.05, 3.63) is 0 Å². The zero-order valence-corrected chi connectivity index (χ0v) is 10.4. The van der Waals surface area contributed by atoms with Crippen LogP contribution in [0.5, 0.6) is 0 Å². The minimum Gasteiger partial charge on any atom is -0.383 e. The van der Waals surface area contributed by atoms with E-state index < -0.39 is 0 Å². The third kappa shape index (κ3) is 2.49. The second kappa shape index (κ2) is 5.04. The molecule has 0 aromatic heterocycles. The summed E-state index contributed by atoms with van der Waals surface area (Å²) in [5, 5.41) is 0. The molecule has 1 unspecified atom stereocenters. The summed E-state index contributed by atoms with van der Waals surface area (Å²) in [5.74, 6) is 2.48. The molecule has 0 amide bonds. The number of methoxy groups -OCH3 is 1. The van der Waals surface area contributed by atoms with Crippen LogP contribution < -0.4 is 5.73 Å². The largest absolute Gasteiger partial charge is 0.383 e. The number of nitrogens with zero attached hydrogens (tertiary/aromatic N) is 1.